The first-order valence-corrected chi connectivity index (χ1v) is 10.7. The lowest BCUT2D eigenvalue weighted by molar-refractivity contribution is 0.0955. The van der Waals surface area contributed by atoms with Crippen LogP contribution in [0.25, 0.3) is 10.1 Å². The standard InChI is InChI=1S/C19H20N2O3S2/c1-13-5-4-6-14(9-13)12-20-19(22)18-11-15-10-16(7-8-17(15)25-18)21(2)26(3,23)24/h4-11H,12H2,1-3H3,(H,20,22). The third-order valence-electron chi connectivity index (χ3n) is 4.12. The summed E-state index contributed by atoms with van der Waals surface area (Å²) < 4.78 is 25.5. The molecule has 7 heteroatoms. The van der Waals surface area contributed by atoms with Crippen LogP contribution in [0, 0.1) is 6.92 Å². The largest absolute Gasteiger partial charge is 0.347 e. The number of rotatable bonds is 5. The quantitative estimate of drug-likeness (QED) is 0.727. The lowest BCUT2D eigenvalue weighted by atomic mass is 10.1. The Balaban J connectivity index is 1.79. The molecule has 0 saturated heterocycles. The lowest BCUT2D eigenvalue weighted by Crippen LogP contribution is -2.24. The van der Waals surface area contributed by atoms with Crippen molar-refractivity contribution in [2.45, 2.75) is 13.5 Å². The summed E-state index contributed by atoms with van der Waals surface area (Å²) in [7, 11) is -1.81. The molecular weight excluding hydrogens is 368 g/mol. The average Bonchev–Trinajstić information content (AvgIpc) is 3.01. The topological polar surface area (TPSA) is 66.5 Å². The predicted octanol–water partition coefficient (Wildman–Crippen LogP) is 3.54. The summed E-state index contributed by atoms with van der Waals surface area (Å²) in [6, 6.07) is 15.2. The number of nitrogens with zero attached hydrogens (tertiary/aromatic N) is 1. The van der Waals surface area contributed by atoms with Crippen molar-refractivity contribution in [3.8, 4) is 0 Å². The number of benzene rings is 2. The maximum Gasteiger partial charge on any atom is 0.261 e. The van der Waals surface area contributed by atoms with Crippen molar-refractivity contribution in [2.75, 3.05) is 17.6 Å². The molecule has 136 valence electrons. The summed E-state index contributed by atoms with van der Waals surface area (Å²) in [4.78, 5) is 13.0. The molecule has 0 aliphatic heterocycles. The molecule has 5 nitrogen and oxygen atoms in total. The molecule has 0 bridgehead atoms. The average molecular weight is 389 g/mol. The molecule has 2 aromatic carbocycles. The van der Waals surface area contributed by atoms with Gasteiger partial charge in [0, 0.05) is 18.3 Å². The molecule has 0 spiro atoms. The van der Waals surface area contributed by atoms with E-state index in [1.807, 2.05) is 37.3 Å². The number of hydrogen-bond acceptors (Lipinski definition) is 4. The first-order chi connectivity index (χ1) is 12.2. The number of amides is 1. The Kier molecular flexibility index (Phi) is 5.02. The SMILES string of the molecule is Cc1cccc(CNC(=O)c2cc3cc(N(C)S(C)(=O)=O)ccc3s2)c1. The van der Waals surface area contributed by atoms with Crippen molar-refractivity contribution in [1.82, 2.24) is 5.32 Å². The predicted molar refractivity (Wildman–Crippen MR) is 107 cm³/mol. The number of fused-ring (bicyclic) bond motifs is 1. The van der Waals surface area contributed by atoms with Gasteiger partial charge in [-0.1, -0.05) is 29.8 Å². The molecule has 1 aromatic heterocycles. The van der Waals surface area contributed by atoms with Crippen LogP contribution in [0.1, 0.15) is 20.8 Å². The van der Waals surface area contributed by atoms with Gasteiger partial charge in [-0.2, -0.15) is 0 Å². The Labute approximate surface area is 157 Å². The fraction of sp³-hybridized carbons (Fsp3) is 0.211. The zero-order valence-electron chi connectivity index (χ0n) is 14.8. The zero-order valence-corrected chi connectivity index (χ0v) is 16.4. The number of carbonyl (C=O) groups excluding carboxylic acids is 1. The van der Waals surface area contributed by atoms with Crippen LogP contribution in [0.2, 0.25) is 0 Å². The Morgan fingerprint density at radius 2 is 1.92 bits per heavy atom. The van der Waals surface area contributed by atoms with Crippen LogP contribution in [0.5, 0.6) is 0 Å². The number of nitrogens with one attached hydrogen (secondary N) is 1. The minimum atomic E-state index is -3.32. The van der Waals surface area contributed by atoms with Crippen LogP contribution < -0.4 is 9.62 Å². The summed E-state index contributed by atoms with van der Waals surface area (Å²) in [6.07, 6.45) is 1.16. The Morgan fingerprint density at radius 3 is 2.62 bits per heavy atom. The van der Waals surface area contributed by atoms with Crippen molar-refractivity contribution < 1.29 is 13.2 Å². The summed E-state index contributed by atoms with van der Waals surface area (Å²) in [5, 5.41) is 3.78. The summed E-state index contributed by atoms with van der Waals surface area (Å²) in [5.74, 6) is -0.134. The van der Waals surface area contributed by atoms with E-state index in [4.69, 9.17) is 0 Å². The Hall–Kier alpha value is -2.38. The molecule has 3 rings (SSSR count). The molecule has 1 heterocycles. The fourth-order valence-corrected chi connectivity index (χ4v) is 4.08. The molecule has 1 amide bonds. The van der Waals surface area contributed by atoms with Crippen molar-refractivity contribution in [3.63, 3.8) is 0 Å². The van der Waals surface area contributed by atoms with Gasteiger partial charge < -0.3 is 5.32 Å². The molecule has 1 N–H and O–H groups in total. The number of hydrogen-bond donors (Lipinski definition) is 1. The van der Waals surface area contributed by atoms with Crippen LogP contribution in [0.15, 0.2) is 48.5 Å². The molecule has 3 aromatic rings. The van der Waals surface area contributed by atoms with Crippen molar-refractivity contribution in [3.05, 3.63) is 64.5 Å². The van der Waals surface area contributed by atoms with Crippen molar-refractivity contribution in [2.24, 2.45) is 0 Å². The minimum Gasteiger partial charge on any atom is -0.347 e. The van der Waals surface area contributed by atoms with E-state index < -0.39 is 10.0 Å². The van der Waals surface area contributed by atoms with Gasteiger partial charge in [0.15, 0.2) is 0 Å². The highest BCUT2D eigenvalue weighted by atomic mass is 32.2. The van der Waals surface area contributed by atoms with E-state index in [-0.39, 0.29) is 5.91 Å². The highest BCUT2D eigenvalue weighted by Crippen LogP contribution is 2.30. The van der Waals surface area contributed by atoms with E-state index in [1.165, 1.54) is 22.7 Å². The second-order valence-corrected chi connectivity index (χ2v) is 9.33. The van der Waals surface area contributed by atoms with Crippen LogP contribution in [0.3, 0.4) is 0 Å². The third kappa shape index (κ3) is 4.05. The van der Waals surface area contributed by atoms with Gasteiger partial charge in [0.2, 0.25) is 10.0 Å². The van der Waals surface area contributed by atoms with Crippen LogP contribution in [0.4, 0.5) is 5.69 Å². The zero-order chi connectivity index (χ0) is 18.9. The van der Waals surface area contributed by atoms with Gasteiger partial charge in [-0.3, -0.25) is 9.10 Å². The number of anilines is 1. The van der Waals surface area contributed by atoms with E-state index in [9.17, 15) is 13.2 Å². The number of thiophene rings is 1. The maximum absolute atomic E-state index is 12.4. The monoisotopic (exact) mass is 388 g/mol. The Bertz CT molecular complexity index is 1070. The summed E-state index contributed by atoms with van der Waals surface area (Å²) in [6.45, 7) is 2.49. The van der Waals surface area contributed by atoms with Crippen LogP contribution in [-0.4, -0.2) is 27.6 Å². The van der Waals surface area contributed by atoms with Gasteiger partial charge in [0.05, 0.1) is 16.8 Å². The molecule has 0 aliphatic rings. The molecular formula is C19H20N2O3S2. The first-order valence-electron chi connectivity index (χ1n) is 8.05. The Morgan fingerprint density at radius 1 is 1.15 bits per heavy atom. The number of carbonyl (C=O) groups is 1. The number of sulfonamides is 1. The van der Waals surface area contributed by atoms with E-state index in [0.717, 1.165) is 27.5 Å². The smallest absolute Gasteiger partial charge is 0.261 e. The van der Waals surface area contributed by atoms with Gasteiger partial charge in [0.25, 0.3) is 5.91 Å². The van der Waals surface area contributed by atoms with Crippen LogP contribution in [-0.2, 0) is 16.6 Å². The number of aryl methyl sites for hydroxylation is 1. The fourth-order valence-electron chi connectivity index (χ4n) is 2.62. The van der Waals surface area contributed by atoms with E-state index in [1.54, 1.807) is 18.2 Å². The summed E-state index contributed by atoms with van der Waals surface area (Å²) >= 11 is 1.39. The summed E-state index contributed by atoms with van der Waals surface area (Å²) in [5.41, 5.74) is 2.78. The van der Waals surface area contributed by atoms with E-state index in [2.05, 4.69) is 5.32 Å². The lowest BCUT2D eigenvalue weighted by Gasteiger charge is -2.16. The highest BCUT2D eigenvalue weighted by molar-refractivity contribution is 7.92. The van der Waals surface area contributed by atoms with Gasteiger partial charge in [-0.05, 0) is 42.1 Å². The van der Waals surface area contributed by atoms with Gasteiger partial charge in [0.1, 0.15) is 0 Å². The highest BCUT2D eigenvalue weighted by Gasteiger charge is 2.15. The minimum absolute atomic E-state index is 0.134. The third-order valence-corrected chi connectivity index (χ3v) is 6.44. The molecule has 0 radical (unpaired) electrons. The second kappa shape index (κ2) is 7.09. The second-order valence-electron chi connectivity index (χ2n) is 6.23. The van der Waals surface area contributed by atoms with Crippen molar-refractivity contribution >= 4 is 43.0 Å². The molecule has 26 heavy (non-hydrogen) atoms. The van der Waals surface area contributed by atoms with E-state index in [0.29, 0.717) is 17.1 Å². The molecule has 0 aliphatic carbocycles. The van der Waals surface area contributed by atoms with Crippen LogP contribution >= 0.6 is 11.3 Å². The van der Waals surface area contributed by atoms with Gasteiger partial charge in [-0.25, -0.2) is 8.42 Å². The molecule has 0 fully saturated rings. The van der Waals surface area contributed by atoms with E-state index >= 15 is 0 Å². The van der Waals surface area contributed by atoms with Crippen molar-refractivity contribution in [1.29, 1.82) is 0 Å². The molecule has 0 unspecified atom stereocenters. The van der Waals surface area contributed by atoms with Gasteiger partial charge in [-0.15, -0.1) is 11.3 Å². The van der Waals surface area contributed by atoms with Gasteiger partial charge >= 0.3 is 0 Å². The molecule has 0 saturated carbocycles. The normalized spacial score (nSPS) is 11.5. The maximum atomic E-state index is 12.4. The first kappa shape index (κ1) is 18.4. The molecule has 0 atom stereocenters.